The second-order valence-electron chi connectivity index (χ2n) is 9.15. The summed E-state index contributed by atoms with van der Waals surface area (Å²) in [6.07, 6.45) is -4.76. The largest absolute Gasteiger partial charge is 0.573 e. The van der Waals surface area contributed by atoms with E-state index in [1.807, 2.05) is 13.8 Å². The predicted octanol–water partition coefficient (Wildman–Crippen LogP) is 7.28. The molecule has 0 N–H and O–H groups in total. The summed E-state index contributed by atoms with van der Waals surface area (Å²) in [6, 6.07) is 15.2. The molecule has 37 heavy (non-hydrogen) atoms. The summed E-state index contributed by atoms with van der Waals surface area (Å²) >= 11 is 0. The zero-order valence-electron chi connectivity index (χ0n) is 20.1. The Morgan fingerprint density at radius 3 is 2.05 bits per heavy atom. The Labute approximate surface area is 210 Å². The van der Waals surface area contributed by atoms with Gasteiger partial charge in [-0.3, -0.25) is 9.79 Å². The topological polar surface area (TPSA) is 47.9 Å². The maximum atomic E-state index is 14.5. The van der Waals surface area contributed by atoms with Crippen LogP contribution >= 0.6 is 0 Å². The number of alkyl halides is 3. The van der Waals surface area contributed by atoms with Crippen molar-refractivity contribution < 1.29 is 36.2 Å². The van der Waals surface area contributed by atoms with Gasteiger partial charge in [-0.25, -0.2) is 8.78 Å². The highest BCUT2D eigenvalue weighted by atomic mass is 19.4. The van der Waals surface area contributed by atoms with E-state index in [2.05, 4.69) is 9.73 Å². The van der Waals surface area contributed by atoms with Gasteiger partial charge in [-0.05, 0) is 46.9 Å². The van der Waals surface area contributed by atoms with Crippen molar-refractivity contribution in [3.8, 4) is 16.9 Å². The molecule has 1 unspecified atom stereocenters. The lowest BCUT2D eigenvalue weighted by molar-refractivity contribution is -0.274. The number of halogens is 5. The Morgan fingerprint density at radius 1 is 0.946 bits per heavy atom. The molecule has 0 amide bonds. The van der Waals surface area contributed by atoms with Gasteiger partial charge < -0.3 is 9.47 Å². The van der Waals surface area contributed by atoms with Crippen molar-refractivity contribution in [2.24, 2.45) is 16.8 Å². The smallest absolute Gasteiger partial charge is 0.465 e. The van der Waals surface area contributed by atoms with Crippen LogP contribution in [0.5, 0.6) is 5.75 Å². The maximum absolute atomic E-state index is 14.5. The van der Waals surface area contributed by atoms with Crippen molar-refractivity contribution in [3.63, 3.8) is 0 Å². The first-order chi connectivity index (χ1) is 17.5. The molecule has 1 aliphatic heterocycles. The molecule has 3 aromatic carbocycles. The van der Waals surface area contributed by atoms with Crippen LogP contribution in [0.15, 0.2) is 71.7 Å². The molecular weight excluding hydrogens is 493 g/mol. The molecule has 9 heteroatoms. The molecule has 4 rings (SSSR count). The molecule has 0 aromatic heterocycles. The molecule has 1 heterocycles. The summed E-state index contributed by atoms with van der Waals surface area (Å²) < 4.78 is 75.5. The zero-order chi connectivity index (χ0) is 26.7. The van der Waals surface area contributed by atoms with Gasteiger partial charge in [0.05, 0.1) is 24.1 Å². The van der Waals surface area contributed by atoms with Crippen LogP contribution in [0.25, 0.3) is 11.1 Å². The number of hydrogen-bond donors (Lipinski definition) is 0. The monoisotopic (exact) mass is 517 g/mol. The minimum atomic E-state index is -4.78. The third-order valence-corrected chi connectivity index (χ3v) is 5.88. The van der Waals surface area contributed by atoms with Gasteiger partial charge >= 0.3 is 12.3 Å². The minimum absolute atomic E-state index is 0.0157. The van der Waals surface area contributed by atoms with Crippen LogP contribution in [0.2, 0.25) is 0 Å². The van der Waals surface area contributed by atoms with E-state index in [9.17, 15) is 26.7 Å². The number of rotatable bonds is 7. The number of nitrogens with zero attached hydrogens (tertiary/aromatic N) is 1. The molecule has 0 saturated carbocycles. The molecule has 3 aromatic rings. The molecule has 0 radical (unpaired) electrons. The standard InChI is InChI=1S/C28H24F5NO3/c1-16(2)15-36-27(35)21-14-24(25-22(29)4-3-5-23(25)30)34-26(21)19-8-6-17(7-9-19)18-10-12-20(13-11-18)37-28(31,32)33/h3-13,16,21,26H,14-15H2,1-2H3/t21-,26?/m0/s1. The van der Waals surface area contributed by atoms with Crippen molar-refractivity contribution in [2.45, 2.75) is 32.7 Å². The fourth-order valence-corrected chi connectivity index (χ4v) is 4.17. The first-order valence-corrected chi connectivity index (χ1v) is 11.7. The summed E-state index contributed by atoms with van der Waals surface area (Å²) in [7, 11) is 0. The van der Waals surface area contributed by atoms with E-state index in [-0.39, 0.29) is 36.0 Å². The minimum Gasteiger partial charge on any atom is -0.465 e. The lowest BCUT2D eigenvalue weighted by Crippen LogP contribution is -2.23. The number of hydrogen-bond acceptors (Lipinski definition) is 4. The fraction of sp³-hybridized carbons (Fsp3) is 0.286. The molecule has 2 atom stereocenters. The number of ether oxygens (including phenoxy) is 2. The Morgan fingerprint density at radius 2 is 1.51 bits per heavy atom. The Balaban J connectivity index is 1.61. The lowest BCUT2D eigenvalue weighted by atomic mass is 9.90. The van der Waals surface area contributed by atoms with Crippen LogP contribution in [0.1, 0.15) is 37.4 Å². The van der Waals surface area contributed by atoms with Crippen LogP contribution in [0.4, 0.5) is 22.0 Å². The quantitative estimate of drug-likeness (QED) is 0.244. The number of carbonyl (C=O) groups is 1. The molecule has 1 aliphatic rings. The highest BCUT2D eigenvalue weighted by Gasteiger charge is 2.39. The highest BCUT2D eigenvalue weighted by molar-refractivity contribution is 6.04. The van der Waals surface area contributed by atoms with E-state index in [0.29, 0.717) is 16.7 Å². The van der Waals surface area contributed by atoms with Crippen molar-refractivity contribution in [1.29, 1.82) is 0 Å². The van der Waals surface area contributed by atoms with E-state index in [0.717, 1.165) is 12.1 Å². The first kappa shape index (κ1) is 26.3. The van der Waals surface area contributed by atoms with Gasteiger partial charge in [0, 0.05) is 12.1 Å². The molecule has 0 bridgehead atoms. The predicted molar refractivity (Wildman–Crippen MR) is 128 cm³/mol. The van der Waals surface area contributed by atoms with Crippen molar-refractivity contribution in [1.82, 2.24) is 0 Å². The van der Waals surface area contributed by atoms with E-state index >= 15 is 0 Å². The van der Waals surface area contributed by atoms with Gasteiger partial charge in [0.1, 0.15) is 17.4 Å². The average Bonchev–Trinajstić information content (AvgIpc) is 3.27. The zero-order valence-corrected chi connectivity index (χ0v) is 20.1. The van der Waals surface area contributed by atoms with E-state index in [4.69, 9.17) is 4.74 Å². The van der Waals surface area contributed by atoms with Crippen molar-refractivity contribution in [3.05, 3.63) is 89.5 Å². The van der Waals surface area contributed by atoms with Gasteiger partial charge in [-0.2, -0.15) is 0 Å². The third-order valence-electron chi connectivity index (χ3n) is 5.88. The summed E-state index contributed by atoms with van der Waals surface area (Å²) in [5.74, 6) is -3.01. The average molecular weight is 517 g/mol. The Hall–Kier alpha value is -3.75. The summed E-state index contributed by atoms with van der Waals surface area (Å²) in [5, 5.41) is 0. The normalized spacial score (nSPS) is 17.6. The van der Waals surface area contributed by atoms with Gasteiger partial charge in [-0.1, -0.05) is 56.3 Å². The second kappa shape index (κ2) is 10.7. The van der Waals surface area contributed by atoms with E-state index in [1.54, 1.807) is 24.3 Å². The molecule has 0 spiro atoms. The third kappa shape index (κ3) is 6.34. The Bertz CT molecular complexity index is 1260. The van der Waals surface area contributed by atoms with Crippen molar-refractivity contribution >= 4 is 11.7 Å². The van der Waals surface area contributed by atoms with Gasteiger partial charge in [0.2, 0.25) is 0 Å². The van der Waals surface area contributed by atoms with Crippen LogP contribution < -0.4 is 4.74 Å². The van der Waals surface area contributed by atoms with Crippen LogP contribution in [0, 0.1) is 23.5 Å². The van der Waals surface area contributed by atoms with Crippen molar-refractivity contribution in [2.75, 3.05) is 6.61 Å². The highest BCUT2D eigenvalue weighted by Crippen LogP contribution is 2.39. The summed E-state index contributed by atoms with van der Waals surface area (Å²) in [4.78, 5) is 17.5. The van der Waals surface area contributed by atoms with Gasteiger partial charge in [-0.15, -0.1) is 13.2 Å². The van der Waals surface area contributed by atoms with Crippen LogP contribution in [-0.2, 0) is 9.53 Å². The molecular formula is C28H24F5NO3. The SMILES string of the molecule is CC(C)COC(=O)[C@H]1CC(c2c(F)cccc2F)=NC1c1ccc(-c2ccc(OC(F)(F)F)cc2)cc1. The summed E-state index contributed by atoms with van der Waals surface area (Å²) in [5.41, 5.74) is 1.89. The first-order valence-electron chi connectivity index (χ1n) is 11.7. The molecule has 0 fully saturated rings. The molecule has 194 valence electrons. The van der Waals surface area contributed by atoms with Crippen LogP contribution in [-0.4, -0.2) is 24.7 Å². The van der Waals surface area contributed by atoms with Gasteiger partial charge in [0.25, 0.3) is 0 Å². The second-order valence-corrected chi connectivity index (χ2v) is 9.15. The number of benzene rings is 3. The van der Waals surface area contributed by atoms with Crippen LogP contribution in [0.3, 0.4) is 0 Å². The van der Waals surface area contributed by atoms with E-state index < -0.39 is 35.9 Å². The number of aliphatic imine (C=N–C) groups is 1. The lowest BCUT2D eigenvalue weighted by Gasteiger charge is -2.18. The molecule has 0 aliphatic carbocycles. The number of esters is 1. The fourth-order valence-electron chi connectivity index (χ4n) is 4.17. The summed E-state index contributed by atoms with van der Waals surface area (Å²) in [6.45, 7) is 4.01. The van der Waals surface area contributed by atoms with E-state index in [1.165, 1.54) is 30.3 Å². The maximum Gasteiger partial charge on any atom is 0.573 e. The Kier molecular flexibility index (Phi) is 7.61. The molecule has 0 saturated heterocycles. The molecule has 4 nitrogen and oxygen atoms in total. The number of carbonyl (C=O) groups excluding carboxylic acids is 1. The van der Waals surface area contributed by atoms with Gasteiger partial charge in [0.15, 0.2) is 0 Å².